The van der Waals surface area contributed by atoms with E-state index in [4.69, 9.17) is 15.5 Å². The molecule has 26 heavy (non-hydrogen) atoms. The number of benzene rings is 1. The minimum absolute atomic E-state index is 0.278. The molecule has 2 aromatic heterocycles. The Labute approximate surface area is 159 Å². The Kier molecular flexibility index (Phi) is 4.51. The average molecular weight is 390 g/mol. The van der Waals surface area contributed by atoms with Crippen molar-refractivity contribution in [3.63, 3.8) is 0 Å². The number of amides is 1. The number of aromatic nitrogens is 2. The van der Waals surface area contributed by atoms with Crippen LogP contribution in [0.4, 0.5) is 5.13 Å². The van der Waals surface area contributed by atoms with Crippen molar-refractivity contribution < 1.29 is 9.53 Å². The van der Waals surface area contributed by atoms with Gasteiger partial charge in [0.05, 0.1) is 17.5 Å². The fourth-order valence-electron chi connectivity index (χ4n) is 2.99. The van der Waals surface area contributed by atoms with E-state index in [2.05, 4.69) is 27.2 Å². The number of anilines is 1. The van der Waals surface area contributed by atoms with Crippen LogP contribution < -0.4 is 15.4 Å². The van der Waals surface area contributed by atoms with Gasteiger partial charge < -0.3 is 20.3 Å². The number of rotatable bonds is 4. The Hall–Kier alpha value is -2.23. The molecule has 4 rings (SSSR count). The van der Waals surface area contributed by atoms with E-state index in [0.717, 1.165) is 47.3 Å². The molecule has 9 heteroatoms. The molecule has 0 radical (unpaired) electrons. The van der Waals surface area contributed by atoms with Crippen LogP contribution >= 0.6 is 22.7 Å². The summed E-state index contributed by atoms with van der Waals surface area (Å²) in [6, 6.07) is 3.82. The number of thiazole rings is 2. The van der Waals surface area contributed by atoms with Crippen LogP contribution in [0, 0.1) is 0 Å². The molecule has 0 saturated carbocycles. The zero-order valence-corrected chi connectivity index (χ0v) is 16.2. The van der Waals surface area contributed by atoms with Crippen LogP contribution in [0.2, 0.25) is 0 Å². The summed E-state index contributed by atoms with van der Waals surface area (Å²) >= 11 is 2.92. The molecule has 1 aromatic carbocycles. The molecule has 136 valence electrons. The van der Waals surface area contributed by atoms with E-state index in [1.165, 1.54) is 11.3 Å². The summed E-state index contributed by atoms with van der Waals surface area (Å²) in [6.07, 6.45) is 0. The number of ether oxygens (including phenoxy) is 1. The third-order valence-electron chi connectivity index (χ3n) is 4.48. The smallest absolute Gasteiger partial charge is 0.277 e. The maximum atomic E-state index is 11.6. The van der Waals surface area contributed by atoms with Crippen molar-refractivity contribution in [1.82, 2.24) is 14.9 Å². The number of carbonyl (C=O) groups excluding carboxylic acids is 1. The second kappa shape index (κ2) is 6.82. The highest BCUT2D eigenvalue weighted by Crippen LogP contribution is 2.39. The summed E-state index contributed by atoms with van der Waals surface area (Å²) in [5.74, 6) is 0.0950. The van der Waals surface area contributed by atoms with Crippen LogP contribution in [0.3, 0.4) is 0 Å². The molecule has 3 aromatic rings. The van der Waals surface area contributed by atoms with E-state index in [1.807, 2.05) is 12.1 Å². The zero-order valence-electron chi connectivity index (χ0n) is 14.6. The highest BCUT2D eigenvalue weighted by molar-refractivity contribution is 7.21. The number of likely N-dealkylation sites (N-methyl/N-ethyl adjacent to an activating group) is 1. The van der Waals surface area contributed by atoms with Crippen molar-refractivity contribution in [1.29, 1.82) is 0 Å². The van der Waals surface area contributed by atoms with Crippen molar-refractivity contribution in [3.8, 4) is 17.0 Å². The first-order valence-corrected chi connectivity index (χ1v) is 9.93. The Morgan fingerprint density at radius 1 is 1.23 bits per heavy atom. The lowest BCUT2D eigenvalue weighted by molar-refractivity contribution is 0.1000. The monoisotopic (exact) mass is 389 g/mol. The van der Waals surface area contributed by atoms with Crippen LogP contribution in [0.25, 0.3) is 21.5 Å². The SMILES string of the molecule is COc1ccc(-c2csc(N3CCN(C)CC3)n2)c2sc(C(N)=O)nc12. The molecule has 0 atom stereocenters. The van der Waals surface area contributed by atoms with E-state index in [9.17, 15) is 4.79 Å². The maximum Gasteiger partial charge on any atom is 0.277 e. The first-order valence-electron chi connectivity index (χ1n) is 8.23. The van der Waals surface area contributed by atoms with Crippen LogP contribution in [-0.2, 0) is 0 Å². The van der Waals surface area contributed by atoms with Gasteiger partial charge in [-0.2, -0.15) is 0 Å². The molecular formula is C17H19N5O2S2. The quantitative estimate of drug-likeness (QED) is 0.737. The second-order valence-corrected chi connectivity index (χ2v) is 8.02. The van der Waals surface area contributed by atoms with Gasteiger partial charge in [0.2, 0.25) is 0 Å². The minimum atomic E-state index is -0.532. The summed E-state index contributed by atoms with van der Waals surface area (Å²) in [6.45, 7) is 4.04. The van der Waals surface area contributed by atoms with Crippen LogP contribution in [0.5, 0.6) is 5.75 Å². The number of nitrogens with two attached hydrogens (primary N) is 1. The third kappa shape index (κ3) is 3.02. The van der Waals surface area contributed by atoms with Gasteiger partial charge in [-0.1, -0.05) is 0 Å². The van der Waals surface area contributed by atoms with Gasteiger partial charge in [-0.05, 0) is 19.2 Å². The standard InChI is InChI=1S/C17H19N5O2S2/c1-21-5-7-22(8-6-21)17-19-11(9-25-17)10-3-4-12(24-2)13-14(10)26-16(20-13)15(18)23/h3-4,9H,5-8H2,1-2H3,(H2,18,23). The number of methoxy groups -OCH3 is 1. The number of piperazine rings is 1. The first kappa shape index (κ1) is 17.2. The zero-order chi connectivity index (χ0) is 18.3. The normalized spacial score (nSPS) is 15.5. The fourth-order valence-corrected chi connectivity index (χ4v) is 4.82. The number of hydrogen-bond donors (Lipinski definition) is 1. The topological polar surface area (TPSA) is 84.6 Å². The van der Waals surface area contributed by atoms with Gasteiger partial charge in [0, 0.05) is 37.1 Å². The minimum Gasteiger partial charge on any atom is -0.494 e. The van der Waals surface area contributed by atoms with E-state index < -0.39 is 5.91 Å². The van der Waals surface area contributed by atoms with Crippen molar-refractivity contribution in [2.24, 2.45) is 5.73 Å². The second-order valence-electron chi connectivity index (χ2n) is 6.18. The molecule has 1 aliphatic heterocycles. The molecule has 0 unspecified atom stereocenters. The Bertz CT molecular complexity index is 959. The van der Waals surface area contributed by atoms with Gasteiger partial charge in [-0.15, -0.1) is 22.7 Å². The molecule has 0 spiro atoms. The van der Waals surface area contributed by atoms with Gasteiger partial charge in [0.15, 0.2) is 10.1 Å². The Morgan fingerprint density at radius 2 is 2.00 bits per heavy atom. The van der Waals surface area contributed by atoms with Crippen molar-refractivity contribution >= 4 is 43.9 Å². The molecule has 1 fully saturated rings. The summed E-state index contributed by atoms with van der Waals surface area (Å²) in [7, 11) is 3.73. The molecule has 1 amide bonds. The molecule has 1 aliphatic rings. The maximum absolute atomic E-state index is 11.6. The van der Waals surface area contributed by atoms with E-state index in [1.54, 1.807) is 18.4 Å². The average Bonchev–Trinajstić information content (AvgIpc) is 3.29. The van der Waals surface area contributed by atoms with Gasteiger partial charge in [-0.3, -0.25) is 4.79 Å². The lowest BCUT2D eigenvalue weighted by Crippen LogP contribution is -2.44. The first-order chi connectivity index (χ1) is 12.6. The van der Waals surface area contributed by atoms with E-state index >= 15 is 0 Å². The van der Waals surface area contributed by atoms with Crippen LogP contribution in [0.15, 0.2) is 17.5 Å². The number of primary amides is 1. The van der Waals surface area contributed by atoms with Crippen molar-refractivity contribution in [2.75, 3.05) is 45.2 Å². The molecular weight excluding hydrogens is 370 g/mol. The van der Waals surface area contributed by atoms with Crippen LogP contribution in [0.1, 0.15) is 9.80 Å². The molecule has 0 bridgehead atoms. The fraction of sp³-hybridized carbons (Fsp3) is 0.353. The predicted octanol–water partition coefficient (Wildman–Crippen LogP) is 2.28. The van der Waals surface area contributed by atoms with Crippen LogP contribution in [-0.4, -0.2) is 61.1 Å². The lowest BCUT2D eigenvalue weighted by atomic mass is 10.1. The summed E-state index contributed by atoms with van der Waals surface area (Å²) in [5.41, 5.74) is 7.90. The van der Waals surface area contributed by atoms with Gasteiger partial charge in [0.25, 0.3) is 5.91 Å². The van der Waals surface area contributed by atoms with Crippen molar-refractivity contribution in [3.05, 3.63) is 22.5 Å². The molecule has 1 saturated heterocycles. The lowest BCUT2D eigenvalue weighted by Gasteiger charge is -2.32. The molecule has 3 heterocycles. The van der Waals surface area contributed by atoms with Gasteiger partial charge in [-0.25, -0.2) is 9.97 Å². The highest BCUT2D eigenvalue weighted by atomic mass is 32.1. The largest absolute Gasteiger partial charge is 0.494 e. The van der Waals surface area contributed by atoms with E-state index in [-0.39, 0.29) is 5.01 Å². The third-order valence-corrected chi connectivity index (χ3v) is 6.48. The summed E-state index contributed by atoms with van der Waals surface area (Å²) in [5, 5.41) is 3.36. The Balaban J connectivity index is 1.74. The number of nitrogens with zero attached hydrogens (tertiary/aromatic N) is 4. The predicted molar refractivity (Wildman–Crippen MR) is 106 cm³/mol. The number of carbonyl (C=O) groups is 1. The number of fused-ring (bicyclic) bond motifs is 1. The number of hydrogen-bond acceptors (Lipinski definition) is 8. The van der Waals surface area contributed by atoms with Gasteiger partial charge >= 0.3 is 0 Å². The Morgan fingerprint density at radius 3 is 2.69 bits per heavy atom. The van der Waals surface area contributed by atoms with Crippen molar-refractivity contribution in [2.45, 2.75) is 0 Å². The van der Waals surface area contributed by atoms with Gasteiger partial charge in [0.1, 0.15) is 11.3 Å². The molecule has 7 nitrogen and oxygen atoms in total. The highest BCUT2D eigenvalue weighted by Gasteiger charge is 2.20. The summed E-state index contributed by atoms with van der Waals surface area (Å²) in [4.78, 5) is 25.4. The molecule has 0 aliphatic carbocycles. The molecule has 2 N–H and O–H groups in total. The van der Waals surface area contributed by atoms with E-state index in [0.29, 0.717) is 11.3 Å². The summed E-state index contributed by atoms with van der Waals surface area (Å²) < 4.78 is 6.25.